The van der Waals surface area contributed by atoms with Crippen LogP contribution < -0.4 is 0 Å². The third-order valence-electron chi connectivity index (χ3n) is 1.68. The molecule has 0 aliphatic carbocycles. The summed E-state index contributed by atoms with van der Waals surface area (Å²) >= 11 is 0. The highest BCUT2D eigenvalue weighted by Gasteiger charge is 2.20. The standard InChI is InChI=1S/C8H5F4NO2/c9-5-3(1-2-4(14)15)6(10)8(12)13-7(5)11/h1-2H2,(H,14,15). The molecule has 0 saturated carbocycles. The van der Waals surface area contributed by atoms with Crippen LogP contribution in [0.15, 0.2) is 0 Å². The first-order valence-corrected chi connectivity index (χ1v) is 3.84. The van der Waals surface area contributed by atoms with Gasteiger partial charge in [0.2, 0.25) is 0 Å². The van der Waals surface area contributed by atoms with E-state index in [0.29, 0.717) is 0 Å². The number of carboxylic acids is 1. The minimum Gasteiger partial charge on any atom is -0.481 e. The Hall–Kier alpha value is -1.66. The molecule has 0 spiro atoms. The predicted molar refractivity (Wildman–Crippen MR) is 40.0 cm³/mol. The number of aliphatic carboxylic acids is 1. The van der Waals surface area contributed by atoms with E-state index < -0.39 is 47.9 Å². The average Bonchev–Trinajstić information content (AvgIpc) is 2.14. The van der Waals surface area contributed by atoms with Crippen LogP contribution in [0.3, 0.4) is 0 Å². The van der Waals surface area contributed by atoms with Crippen molar-refractivity contribution in [2.75, 3.05) is 0 Å². The van der Waals surface area contributed by atoms with Gasteiger partial charge in [0, 0.05) is 12.0 Å². The van der Waals surface area contributed by atoms with Crippen LogP contribution in [0.5, 0.6) is 0 Å². The van der Waals surface area contributed by atoms with Crippen LogP contribution in [0.2, 0.25) is 0 Å². The zero-order valence-corrected chi connectivity index (χ0v) is 7.23. The molecule has 1 heterocycles. The van der Waals surface area contributed by atoms with Gasteiger partial charge in [-0.1, -0.05) is 0 Å². The molecule has 0 amide bonds. The summed E-state index contributed by atoms with van der Waals surface area (Å²) in [5.41, 5.74) is -0.942. The SMILES string of the molecule is O=C(O)CCc1c(F)c(F)nc(F)c1F. The summed E-state index contributed by atoms with van der Waals surface area (Å²) in [7, 11) is 0. The minimum atomic E-state index is -1.78. The third kappa shape index (κ3) is 2.42. The number of rotatable bonds is 3. The Morgan fingerprint density at radius 3 is 2.00 bits per heavy atom. The van der Waals surface area contributed by atoms with Crippen molar-refractivity contribution in [1.82, 2.24) is 4.98 Å². The molecule has 0 aliphatic heterocycles. The lowest BCUT2D eigenvalue weighted by molar-refractivity contribution is -0.136. The first-order valence-electron chi connectivity index (χ1n) is 3.84. The molecule has 1 aromatic heterocycles. The van der Waals surface area contributed by atoms with E-state index in [9.17, 15) is 22.4 Å². The molecule has 0 radical (unpaired) electrons. The zero-order chi connectivity index (χ0) is 11.6. The number of hydrogen-bond acceptors (Lipinski definition) is 2. The lowest BCUT2D eigenvalue weighted by Crippen LogP contribution is -2.08. The summed E-state index contributed by atoms with van der Waals surface area (Å²) < 4.78 is 50.7. The Labute approximate surface area is 81.4 Å². The fourth-order valence-electron chi connectivity index (χ4n) is 0.981. The summed E-state index contributed by atoms with van der Waals surface area (Å²) in [6, 6.07) is 0. The molecule has 0 unspecified atom stereocenters. The maximum Gasteiger partial charge on any atom is 0.303 e. The van der Waals surface area contributed by atoms with E-state index in [1.165, 1.54) is 0 Å². The Morgan fingerprint density at radius 1 is 1.13 bits per heavy atom. The van der Waals surface area contributed by atoms with Gasteiger partial charge in [0.1, 0.15) is 0 Å². The maximum atomic E-state index is 12.9. The zero-order valence-electron chi connectivity index (χ0n) is 7.23. The van der Waals surface area contributed by atoms with Crippen molar-refractivity contribution in [2.45, 2.75) is 12.8 Å². The lowest BCUT2D eigenvalue weighted by Gasteiger charge is -2.03. The fraction of sp³-hybridized carbons (Fsp3) is 0.250. The maximum absolute atomic E-state index is 12.9. The van der Waals surface area contributed by atoms with Crippen molar-refractivity contribution < 1.29 is 27.5 Å². The van der Waals surface area contributed by atoms with Crippen molar-refractivity contribution in [2.24, 2.45) is 0 Å². The van der Waals surface area contributed by atoms with Crippen molar-refractivity contribution in [3.8, 4) is 0 Å². The quantitative estimate of drug-likeness (QED) is 0.626. The highest BCUT2D eigenvalue weighted by Crippen LogP contribution is 2.18. The summed E-state index contributed by atoms with van der Waals surface area (Å²) in [5.74, 6) is -8.21. The van der Waals surface area contributed by atoms with Gasteiger partial charge in [-0.05, 0) is 6.42 Å². The second-order valence-electron chi connectivity index (χ2n) is 2.69. The van der Waals surface area contributed by atoms with Gasteiger partial charge >= 0.3 is 5.97 Å². The number of halogens is 4. The number of pyridine rings is 1. The van der Waals surface area contributed by atoms with E-state index in [1.54, 1.807) is 0 Å². The number of carbonyl (C=O) groups is 1. The number of nitrogens with zero attached hydrogens (tertiary/aromatic N) is 1. The summed E-state index contributed by atoms with van der Waals surface area (Å²) in [6.45, 7) is 0. The topological polar surface area (TPSA) is 50.2 Å². The molecule has 0 aromatic carbocycles. The second kappa shape index (κ2) is 4.24. The minimum absolute atomic E-state index is 0.628. The Bertz CT molecular complexity index is 382. The average molecular weight is 223 g/mol. The van der Waals surface area contributed by atoms with E-state index in [0.717, 1.165) is 0 Å². The van der Waals surface area contributed by atoms with E-state index >= 15 is 0 Å². The van der Waals surface area contributed by atoms with Crippen LogP contribution in [0, 0.1) is 23.5 Å². The summed E-state index contributed by atoms with van der Waals surface area (Å²) in [5, 5.41) is 8.25. The van der Waals surface area contributed by atoms with Gasteiger partial charge < -0.3 is 5.11 Å². The van der Waals surface area contributed by atoms with E-state index in [4.69, 9.17) is 5.11 Å². The van der Waals surface area contributed by atoms with Crippen molar-refractivity contribution >= 4 is 5.97 Å². The van der Waals surface area contributed by atoms with Gasteiger partial charge in [-0.25, -0.2) is 8.78 Å². The summed E-state index contributed by atoms with van der Waals surface area (Å²) in [6.07, 6.45) is -1.26. The van der Waals surface area contributed by atoms with Gasteiger partial charge in [-0.3, -0.25) is 4.79 Å². The molecular weight excluding hydrogens is 218 g/mol. The van der Waals surface area contributed by atoms with Gasteiger partial charge in [0.05, 0.1) is 0 Å². The molecule has 1 rings (SSSR count). The molecule has 0 saturated heterocycles. The predicted octanol–water partition coefficient (Wildman–Crippen LogP) is 1.66. The third-order valence-corrected chi connectivity index (χ3v) is 1.68. The first-order chi connectivity index (χ1) is 6.93. The molecule has 7 heteroatoms. The van der Waals surface area contributed by atoms with Gasteiger partial charge in [0.15, 0.2) is 11.6 Å². The Balaban J connectivity index is 3.09. The smallest absolute Gasteiger partial charge is 0.303 e. The fourth-order valence-corrected chi connectivity index (χ4v) is 0.981. The van der Waals surface area contributed by atoms with Crippen molar-refractivity contribution in [3.63, 3.8) is 0 Å². The monoisotopic (exact) mass is 223 g/mol. The number of carboxylic acid groups (broad SMARTS) is 1. The Kier molecular flexibility index (Phi) is 3.23. The van der Waals surface area contributed by atoms with E-state index in [-0.39, 0.29) is 0 Å². The van der Waals surface area contributed by atoms with E-state index in [1.807, 2.05) is 0 Å². The van der Waals surface area contributed by atoms with Gasteiger partial charge in [0.25, 0.3) is 11.9 Å². The highest BCUT2D eigenvalue weighted by molar-refractivity contribution is 5.67. The van der Waals surface area contributed by atoms with Gasteiger partial charge in [-0.15, -0.1) is 0 Å². The lowest BCUT2D eigenvalue weighted by atomic mass is 10.1. The van der Waals surface area contributed by atoms with Crippen LogP contribution in [-0.2, 0) is 11.2 Å². The van der Waals surface area contributed by atoms with Crippen LogP contribution in [0.4, 0.5) is 17.6 Å². The Morgan fingerprint density at radius 2 is 1.60 bits per heavy atom. The molecule has 0 aliphatic rings. The first kappa shape index (κ1) is 11.4. The molecular formula is C8H5F4NO2. The number of hydrogen-bond donors (Lipinski definition) is 1. The van der Waals surface area contributed by atoms with Gasteiger partial charge in [-0.2, -0.15) is 13.8 Å². The molecule has 0 atom stereocenters. The van der Waals surface area contributed by atoms with Crippen molar-refractivity contribution in [1.29, 1.82) is 0 Å². The molecule has 3 nitrogen and oxygen atoms in total. The second-order valence-corrected chi connectivity index (χ2v) is 2.69. The molecule has 1 N–H and O–H groups in total. The summed E-state index contributed by atoms with van der Waals surface area (Å²) in [4.78, 5) is 12.4. The molecule has 15 heavy (non-hydrogen) atoms. The van der Waals surface area contributed by atoms with Crippen LogP contribution in [-0.4, -0.2) is 16.1 Å². The molecule has 1 aromatic rings. The normalized spacial score (nSPS) is 10.4. The van der Waals surface area contributed by atoms with Crippen molar-refractivity contribution in [3.05, 3.63) is 29.1 Å². The largest absolute Gasteiger partial charge is 0.481 e. The molecule has 82 valence electrons. The molecule has 0 fully saturated rings. The van der Waals surface area contributed by atoms with Crippen LogP contribution in [0.25, 0.3) is 0 Å². The number of aromatic nitrogens is 1. The van der Waals surface area contributed by atoms with Crippen LogP contribution in [0.1, 0.15) is 12.0 Å². The van der Waals surface area contributed by atoms with Crippen LogP contribution >= 0.6 is 0 Å². The van der Waals surface area contributed by atoms with E-state index in [2.05, 4.69) is 4.98 Å². The highest BCUT2D eigenvalue weighted by atomic mass is 19.2. The molecule has 0 bridgehead atoms.